The Morgan fingerprint density at radius 2 is 1.93 bits per heavy atom. The van der Waals surface area contributed by atoms with Gasteiger partial charge in [0.05, 0.1) is 0 Å². The van der Waals surface area contributed by atoms with Gasteiger partial charge in [0.2, 0.25) is 0 Å². The normalized spacial score (nSPS) is 23.4. The van der Waals surface area contributed by atoms with E-state index in [-0.39, 0.29) is 0 Å². The average Bonchev–Trinajstić information content (AvgIpc) is 2.17. The third-order valence-corrected chi connectivity index (χ3v) is 3.41. The van der Waals surface area contributed by atoms with Gasteiger partial charge in [0, 0.05) is 18.1 Å². The first-order valence-electron chi connectivity index (χ1n) is 6.17. The van der Waals surface area contributed by atoms with Crippen molar-refractivity contribution in [3.05, 3.63) is 0 Å². The molecule has 1 aliphatic rings. The lowest BCUT2D eigenvalue weighted by molar-refractivity contribution is 0.248. The van der Waals surface area contributed by atoms with E-state index in [1.54, 1.807) is 0 Å². The number of hydrogen-bond donors (Lipinski definition) is 2. The monoisotopic (exact) mass is 198 g/mol. The average molecular weight is 198 g/mol. The van der Waals surface area contributed by atoms with E-state index >= 15 is 0 Å². The highest BCUT2D eigenvalue weighted by molar-refractivity contribution is 4.87. The topological polar surface area (TPSA) is 38.0 Å². The Kier molecular flexibility index (Phi) is 4.90. The van der Waals surface area contributed by atoms with Gasteiger partial charge in [-0.2, -0.15) is 0 Å². The highest BCUT2D eigenvalue weighted by Crippen LogP contribution is 2.27. The van der Waals surface area contributed by atoms with Crippen LogP contribution in [0.5, 0.6) is 0 Å². The molecule has 1 saturated carbocycles. The first-order valence-corrected chi connectivity index (χ1v) is 6.17. The first-order chi connectivity index (χ1) is 6.66. The predicted octanol–water partition coefficient (Wildman–Crippen LogP) is 2.43. The summed E-state index contributed by atoms with van der Waals surface area (Å²) in [5.41, 5.74) is 6.38. The molecule has 0 spiro atoms. The van der Waals surface area contributed by atoms with Crippen LogP contribution in [0.1, 0.15) is 58.8 Å². The van der Waals surface area contributed by atoms with Crippen molar-refractivity contribution in [2.24, 2.45) is 5.73 Å². The molecule has 0 heterocycles. The summed E-state index contributed by atoms with van der Waals surface area (Å²) in [4.78, 5) is 0. The van der Waals surface area contributed by atoms with Crippen molar-refractivity contribution in [1.82, 2.24) is 5.32 Å². The number of hydrogen-bond acceptors (Lipinski definition) is 2. The molecule has 0 amide bonds. The molecule has 2 nitrogen and oxygen atoms in total. The van der Waals surface area contributed by atoms with Crippen molar-refractivity contribution < 1.29 is 0 Å². The zero-order valence-electron chi connectivity index (χ0n) is 9.81. The Morgan fingerprint density at radius 1 is 1.29 bits per heavy atom. The first kappa shape index (κ1) is 12.0. The SMILES string of the molecule is CCCC(N)CNC1(C)CCCCC1. The maximum absolute atomic E-state index is 6.00. The van der Waals surface area contributed by atoms with Crippen LogP contribution in [-0.2, 0) is 0 Å². The van der Waals surface area contributed by atoms with E-state index < -0.39 is 0 Å². The Balaban J connectivity index is 2.21. The summed E-state index contributed by atoms with van der Waals surface area (Å²) in [6.07, 6.45) is 9.16. The van der Waals surface area contributed by atoms with Gasteiger partial charge < -0.3 is 11.1 Å². The van der Waals surface area contributed by atoms with Crippen LogP contribution in [0.25, 0.3) is 0 Å². The highest BCUT2D eigenvalue weighted by Gasteiger charge is 2.26. The highest BCUT2D eigenvalue weighted by atomic mass is 15.0. The summed E-state index contributed by atoms with van der Waals surface area (Å²) in [6.45, 7) is 5.54. The zero-order valence-corrected chi connectivity index (χ0v) is 9.81. The zero-order chi connectivity index (χ0) is 10.4. The fourth-order valence-electron chi connectivity index (χ4n) is 2.36. The molecule has 1 atom stereocenters. The number of nitrogens with one attached hydrogen (secondary N) is 1. The molecule has 0 bridgehead atoms. The van der Waals surface area contributed by atoms with E-state index in [1.165, 1.54) is 38.5 Å². The predicted molar refractivity (Wildman–Crippen MR) is 62.4 cm³/mol. The van der Waals surface area contributed by atoms with Crippen LogP contribution >= 0.6 is 0 Å². The molecule has 1 rings (SSSR count). The minimum absolute atomic E-state index is 0.346. The van der Waals surface area contributed by atoms with Crippen LogP contribution in [0.2, 0.25) is 0 Å². The quantitative estimate of drug-likeness (QED) is 0.712. The molecule has 0 saturated heterocycles. The molecule has 0 aromatic carbocycles. The van der Waals surface area contributed by atoms with Crippen molar-refractivity contribution in [2.45, 2.75) is 70.4 Å². The molecular formula is C12H26N2. The minimum atomic E-state index is 0.346. The Hall–Kier alpha value is -0.0800. The number of nitrogens with two attached hydrogens (primary N) is 1. The smallest absolute Gasteiger partial charge is 0.0165 e. The van der Waals surface area contributed by atoms with Crippen LogP contribution < -0.4 is 11.1 Å². The van der Waals surface area contributed by atoms with E-state index in [0.717, 1.165) is 13.0 Å². The largest absolute Gasteiger partial charge is 0.327 e. The van der Waals surface area contributed by atoms with Crippen LogP contribution in [-0.4, -0.2) is 18.1 Å². The lowest BCUT2D eigenvalue weighted by Gasteiger charge is -2.35. The molecule has 1 fully saturated rings. The van der Waals surface area contributed by atoms with Crippen molar-refractivity contribution in [3.63, 3.8) is 0 Å². The molecule has 2 heteroatoms. The third kappa shape index (κ3) is 3.97. The maximum atomic E-state index is 6.00. The second-order valence-corrected chi connectivity index (χ2v) is 5.05. The fraction of sp³-hybridized carbons (Fsp3) is 1.00. The molecule has 1 aliphatic carbocycles. The summed E-state index contributed by atoms with van der Waals surface area (Å²) >= 11 is 0. The van der Waals surface area contributed by atoms with Crippen LogP contribution in [0, 0.1) is 0 Å². The second kappa shape index (κ2) is 5.72. The summed E-state index contributed by atoms with van der Waals surface area (Å²) in [7, 11) is 0. The van der Waals surface area contributed by atoms with Gasteiger partial charge in [0.1, 0.15) is 0 Å². The van der Waals surface area contributed by atoms with Gasteiger partial charge in [0.25, 0.3) is 0 Å². The maximum Gasteiger partial charge on any atom is 0.0165 e. The number of rotatable bonds is 5. The van der Waals surface area contributed by atoms with Crippen molar-refractivity contribution >= 4 is 0 Å². The van der Waals surface area contributed by atoms with Crippen molar-refractivity contribution in [2.75, 3.05) is 6.54 Å². The van der Waals surface area contributed by atoms with Crippen molar-refractivity contribution in [1.29, 1.82) is 0 Å². The molecule has 0 aliphatic heterocycles. The van der Waals surface area contributed by atoms with Gasteiger partial charge in [-0.05, 0) is 26.2 Å². The molecule has 84 valence electrons. The fourth-order valence-corrected chi connectivity index (χ4v) is 2.36. The minimum Gasteiger partial charge on any atom is -0.327 e. The van der Waals surface area contributed by atoms with Gasteiger partial charge in [-0.1, -0.05) is 32.6 Å². The third-order valence-electron chi connectivity index (χ3n) is 3.41. The van der Waals surface area contributed by atoms with Crippen LogP contribution in [0.15, 0.2) is 0 Å². The molecule has 0 aromatic heterocycles. The lowest BCUT2D eigenvalue weighted by Crippen LogP contribution is -2.48. The van der Waals surface area contributed by atoms with Gasteiger partial charge >= 0.3 is 0 Å². The molecule has 0 radical (unpaired) electrons. The Bertz CT molecular complexity index is 150. The molecule has 14 heavy (non-hydrogen) atoms. The lowest BCUT2D eigenvalue weighted by atomic mass is 9.83. The van der Waals surface area contributed by atoms with Crippen LogP contribution in [0.4, 0.5) is 0 Å². The second-order valence-electron chi connectivity index (χ2n) is 5.05. The van der Waals surface area contributed by atoms with E-state index in [4.69, 9.17) is 5.73 Å². The van der Waals surface area contributed by atoms with Gasteiger partial charge in [-0.25, -0.2) is 0 Å². The summed E-state index contributed by atoms with van der Waals surface area (Å²) in [5, 5.41) is 3.66. The summed E-state index contributed by atoms with van der Waals surface area (Å²) < 4.78 is 0. The van der Waals surface area contributed by atoms with Gasteiger partial charge in [-0.15, -0.1) is 0 Å². The molecular weight excluding hydrogens is 172 g/mol. The van der Waals surface area contributed by atoms with Gasteiger partial charge in [-0.3, -0.25) is 0 Å². The van der Waals surface area contributed by atoms with E-state index in [1.807, 2.05) is 0 Å². The molecule has 3 N–H and O–H groups in total. The Morgan fingerprint density at radius 3 is 2.50 bits per heavy atom. The molecule has 0 aromatic rings. The van der Waals surface area contributed by atoms with E-state index in [9.17, 15) is 0 Å². The van der Waals surface area contributed by atoms with Gasteiger partial charge in [0.15, 0.2) is 0 Å². The van der Waals surface area contributed by atoms with E-state index in [2.05, 4.69) is 19.2 Å². The van der Waals surface area contributed by atoms with Crippen molar-refractivity contribution in [3.8, 4) is 0 Å². The van der Waals surface area contributed by atoms with Crippen LogP contribution in [0.3, 0.4) is 0 Å². The molecule has 1 unspecified atom stereocenters. The summed E-state index contributed by atoms with van der Waals surface area (Å²) in [6, 6.07) is 0.346. The standard InChI is InChI=1S/C12H26N2/c1-3-7-11(13)10-14-12(2)8-5-4-6-9-12/h11,14H,3-10,13H2,1-2H3. The summed E-state index contributed by atoms with van der Waals surface area (Å²) in [5.74, 6) is 0. The van der Waals surface area contributed by atoms with E-state index in [0.29, 0.717) is 11.6 Å². The Labute approximate surface area is 88.6 Å².